The van der Waals surface area contributed by atoms with Crippen molar-refractivity contribution in [1.82, 2.24) is 4.90 Å². The molecule has 7 heteroatoms. The SMILES string of the molecule is C=C1CC[C@H](C2OCCN2C(=O)OCC(C)(C)SSCCC(=O)CCCC)C1. The van der Waals surface area contributed by atoms with Gasteiger partial charge in [-0.25, -0.2) is 4.79 Å². The number of carbonyl (C=O) groups is 2. The Labute approximate surface area is 177 Å². The van der Waals surface area contributed by atoms with Crippen LogP contribution in [0.1, 0.15) is 65.7 Å². The van der Waals surface area contributed by atoms with E-state index in [1.54, 1.807) is 26.5 Å². The largest absolute Gasteiger partial charge is 0.448 e. The molecule has 1 saturated carbocycles. The molecule has 1 amide bonds. The Morgan fingerprint density at radius 2 is 2.14 bits per heavy atom. The highest BCUT2D eigenvalue weighted by atomic mass is 33.1. The average molecular weight is 430 g/mol. The molecule has 1 aliphatic heterocycles. The zero-order valence-electron chi connectivity index (χ0n) is 17.5. The number of nitrogens with zero attached hydrogens (tertiary/aromatic N) is 1. The van der Waals surface area contributed by atoms with Gasteiger partial charge in [-0.05, 0) is 39.5 Å². The Morgan fingerprint density at radius 3 is 2.82 bits per heavy atom. The summed E-state index contributed by atoms with van der Waals surface area (Å²) in [5.74, 6) is 1.48. The minimum atomic E-state index is -0.284. The monoisotopic (exact) mass is 429 g/mol. The van der Waals surface area contributed by atoms with E-state index in [0.717, 1.165) is 37.9 Å². The molecule has 5 nitrogen and oxygen atoms in total. The second-order valence-electron chi connectivity index (χ2n) is 8.32. The van der Waals surface area contributed by atoms with Gasteiger partial charge >= 0.3 is 6.09 Å². The van der Waals surface area contributed by atoms with Crippen molar-refractivity contribution in [3.8, 4) is 0 Å². The first-order valence-corrected chi connectivity index (χ1v) is 12.7. The van der Waals surface area contributed by atoms with Crippen LogP contribution in [0.2, 0.25) is 0 Å². The number of amides is 1. The van der Waals surface area contributed by atoms with Crippen LogP contribution in [0.5, 0.6) is 0 Å². The van der Waals surface area contributed by atoms with Crippen molar-refractivity contribution in [2.75, 3.05) is 25.5 Å². The molecule has 1 aliphatic carbocycles. The van der Waals surface area contributed by atoms with Gasteiger partial charge in [-0.2, -0.15) is 0 Å². The molecule has 0 aromatic heterocycles. The van der Waals surface area contributed by atoms with Crippen LogP contribution in [0.15, 0.2) is 12.2 Å². The molecule has 28 heavy (non-hydrogen) atoms. The molecular formula is C21H35NO4S2. The van der Waals surface area contributed by atoms with Gasteiger partial charge < -0.3 is 9.47 Å². The lowest BCUT2D eigenvalue weighted by molar-refractivity contribution is -0.118. The second-order valence-corrected chi connectivity index (χ2v) is 11.4. The smallest absolute Gasteiger partial charge is 0.411 e. The summed E-state index contributed by atoms with van der Waals surface area (Å²) in [6.45, 7) is 11.8. The molecule has 1 unspecified atom stereocenters. The van der Waals surface area contributed by atoms with Crippen LogP contribution < -0.4 is 0 Å². The molecule has 2 fully saturated rings. The predicted molar refractivity (Wildman–Crippen MR) is 118 cm³/mol. The Kier molecular flexibility index (Phi) is 9.71. The van der Waals surface area contributed by atoms with E-state index in [2.05, 4.69) is 27.4 Å². The molecule has 0 bridgehead atoms. The van der Waals surface area contributed by atoms with Gasteiger partial charge in [-0.3, -0.25) is 9.69 Å². The first-order chi connectivity index (χ1) is 13.3. The maximum absolute atomic E-state index is 12.6. The maximum atomic E-state index is 12.6. The third-order valence-corrected chi connectivity index (χ3v) is 8.35. The summed E-state index contributed by atoms with van der Waals surface area (Å²) in [7, 11) is 3.36. The van der Waals surface area contributed by atoms with Crippen molar-refractivity contribution in [2.24, 2.45) is 5.92 Å². The van der Waals surface area contributed by atoms with Gasteiger partial charge in [0.1, 0.15) is 18.6 Å². The van der Waals surface area contributed by atoms with Gasteiger partial charge in [-0.1, -0.05) is 47.1 Å². The van der Waals surface area contributed by atoms with Crippen molar-refractivity contribution < 1.29 is 19.1 Å². The number of hydrogen-bond donors (Lipinski definition) is 0. The molecule has 0 N–H and O–H groups in total. The number of ketones is 1. The van der Waals surface area contributed by atoms with Crippen LogP contribution in [-0.4, -0.2) is 53.3 Å². The van der Waals surface area contributed by atoms with E-state index >= 15 is 0 Å². The van der Waals surface area contributed by atoms with Crippen LogP contribution in [0, 0.1) is 5.92 Å². The second kappa shape index (κ2) is 11.5. The van der Waals surface area contributed by atoms with Gasteiger partial charge in [0.25, 0.3) is 0 Å². The van der Waals surface area contributed by atoms with Crippen LogP contribution in [0.3, 0.4) is 0 Å². The highest BCUT2D eigenvalue weighted by molar-refractivity contribution is 8.77. The highest BCUT2D eigenvalue weighted by Crippen LogP contribution is 2.38. The molecule has 2 aliphatic rings. The fourth-order valence-corrected chi connectivity index (χ4v) is 5.90. The molecule has 1 saturated heterocycles. The maximum Gasteiger partial charge on any atom is 0.411 e. The first-order valence-electron chi connectivity index (χ1n) is 10.4. The van der Waals surface area contributed by atoms with Crippen molar-refractivity contribution in [1.29, 1.82) is 0 Å². The van der Waals surface area contributed by atoms with Crippen molar-refractivity contribution in [3.63, 3.8) is 0 Å². The van der Waals surface area contributed by atoms with Crippen LogP contribution in [0.25, 0.3) is 0 Å². The van der Waals surface area contributed by atoms with E-state index in [9.17, 15) is 9.59 Å². The number of Topliss-reactive ketones (excluding diaryl/α,β-unsaturated/α-hetero) is 1. The number of allylic oxidation sites excluding steroid dienone is 1. The highest BCUT2D eigenvalue weighted by Gasteiger charge is 2.39. The number of rotatable bonds is 11. The molecule has 160 valence electrons. The zero-order chi connectivity index (χ0) is 20.6. The molecule has 1 heterocycles. The zero-order valence-corrected chi connectivity index (χ0v) is 19.2. The van der Waals surface area contributed by atoms with E-state index in [0.29, 0.717) is 44.3 Å². The Balaban J connectivity index is 1.68. The number of carbonyl (C=O) groups excluding carboxylic acids is 2. The third kappa shape index (κ3) is 7.64. The molecule has 2 atom stereocenters. The first kappa shape index (κ1) is 23.6. The van der Waals surface area contributed by atoms with Crippen LogP contribution >= 0.6 is 21.6 Å². The minimum Gasteiger partial charge on any atom is -0.448 e. The molecule has 0 spiro atoms. The van der Waals surface area contributed by atoms with Crippen LogP contribution in [0.4, 0.5) is 4.79 Å². The lowest BCUT2D eigenvalue weighted by atomic mass is 10.1. The Hall–Kier alpha value is -0.660. The molecule has 0 radical (unpaired) electrons. The fourth-order valence-electron chi connectivity index (χ4n) is 3.48. The topological polar surface area (TPSA) is 55.8 Å². The van der Waals surface area contributed by atoms with E-state index in [1.165, 1.54) is 5.57 Å². The number of hydrogen-bond acceptors (Lipinski definition) is 6. The van der Waals surface area contributed by atoms with Gasteiger partial charge in [-0.15, -0.1) is 0 Å². The quantitative estimate of drug-likeness (QED) is 0.247. The molecule has 2 rings (SSSR count). The van der Waals surface area contributed by atoms with E-state index in [-0.39, 0.29) is 17.1 Å². The van der Waals surface area contributed by atoms with Gasteiger partial charge in [0, 0.05) is 24.5 Å². The third-order valence-electron chi connectivity index (χ3n) is 5.09. The summed E-state index contributed by atoms with van der Waals surface area (Å²) >= 11 is 0. The van der Waals surface area contributed by atoms with E-state index < -0.39 is 0 Å². The average Bonchev–Trinajstić information content (AvgIpc) is 3.30. The van der Waals surface area contributed by atoms with Gasteiger partial charge in [0.15, 0.2) is 0 Å². The summed E-state index contributed by atoms with van der Waals surface area (Å²) in [5, 5.41) is 0. The number of unbranched alkanes of at least 4 members (excludes halogenated alkanes) is 1. The Bertz CT molecular complexity index is 553. The normalized spacial score (nSPS) is 22.7. The van der Waals surface area contributed by atoms with E-state index in [1.807, 2.05) is 0 Å². The standard InChI is InChI=1S/C21H35NO4S2/c1-5-6-7-18(23)10-13-27-28-21(3,4)15-26-20(24)22-11-12-25-19(22)17-9-8-16(2)14-17/h17,19H,2,5-15H2,1,3-4H3/t17-,19?/m0/s1. The summed E-state index contributed by atoms with van der Waals surface area (Å²) in [6, 6.07) is 0. The molecule has 0 aromatic rings. The summed E-state index contributed by atoms with van der Waals surface area (Å²) < 4.78 is 11.2. The van der Waals surface area contributed by atoms with Crippen molar-refractivity contribution >= 4 is 33.5 Å². The summed E-state index contributed by atoms with van der Waals surface area (Å²) in [6.07, 6.45) is 5.88. The minimum absolute atomic E-state index is 0.175. The van der Waals surface area contributed by atoms with Crippen molar-refractivity contribution in [3.05, 3.63) is 12.2 Å². The van der Waals surface area contributed by atoms with Crippen molar-refractivity contribution in [2.45, 2.75) is 76.7 Å². The lowest BCUT2D eigenvalue weighted by Gasteiger charge is -2.29. The van der Waals surface area contributed by atoms with Gasteiger partial charge in [0.05, 0.1) is 17.9 Å². The summed E-state index contributed by atoms with van der Waals surface area (Å²) in [4.78, 5) is 26.1. The van der Waals surface area contributed by atoms with Crippen LogP contribution in [-0.2, 0) is 14.3 Å². The predicted octanol–water partition coefficient (Wildman–Crippen LogP) is 5.45. The van der Waals surface area contributed by atoms with Gasteiger partial charge in [0.2, 0.25) is 0 Å². The Morgan fingerprint density at radius 1 is 1.36 bits per heavy atom. The summed E-state index contributed by atoms with van der Waals surface area (Å²) in [5.41, 5.74) is 1.25. The van der Waals surface area contributed by atoms with E-state index in [4.69, 9.17) is 9.47 Å². The fraction of sp³-hybridized carbons (Fsp3) is 0.810. The molecule has 0 aromatic carbocycles. The lowest BCUT2D eigenvalue weighted by Crippen LogP contribution is -2.41. The molecular weight excluding hydrogens is 394 g/mol. The number of ether oxygens (including phenoxy) is 2.